The van der Waals surface area contributed by atoms with Gasteiger partial charge in [-0.15, -0.1) is 0 Å². The number of halogens is 1. The van der Waals surface area contributed by atoms with Crippen molar-refractivity contribution in [2.24, 2.45) is 5.92 Å². The zero-order valence-corrected chi connectivity index (χ0v) is 19.3. The standard InChI is InChI=1S/C26H30FN3O4/c1-34-20-8-6-7-19(17-20)24(31)28-23(26(33)29-13-4-5-14-29)18-11-15-30(16-12-18)25(32)21-9-2-3-10-22(21)27/h2-3,6-10,17-18,23H,4-5,11-16H2,1H3,(H,28,31). The lowest BCUT2D eigenvalue weighted by Gasteiger charge is -2.37. The highest BCUT2D eigenvalue weighted by Gasteiger charge is 2.37. The molecule has 1 unspecified atom stereocenters. The molecule has 2 saturated heterocycles. The van der Waals surface area contributed by atoms with E-state index in [0.29, 0.717) is 50.3 Å². The van der Waals surface area contributed by atoms with Crippen molar-refractivity contribution in [2.75, 3.05) is 33.3 Å². The maximum absolute atomic E-state index is 14.1. The van der Waals surface area contributed by atoms with Gasteiger partial charge in [-0.05, 0) is 61.9 Å². The molecule has 2 fully saturated rings. The molecule has 0 radical (unpaired) electrons. The number of carbonyl (C=O) groups is 3. The third-order valence-electron chi connectivity index (χ3n) is 6.70. The molecule has 2 aromatic rings. The molecule has 0 spiro atoms. The highest BCUT2D eigenvalue weighted by molar-refractivity contribution is 5.98. The molecule has 0 aliphatic carbocycles. The van der Waals surface area contributed by atoms with E-state index in [0.717, 1.165) is 12.8 Å². The van der Waals surface area contributed by atoms with Gasteiger partial charge in [-0.25, -0.2) is 4.39 Å². The molecule has 2 aliphatic rings. The molecule has 34 heavy (non-hydrogen) atoms. The number of hydrogen-bond acceptors (Lipinski definition) is 4. The maximum atomic E-state index is 14.1. The molecular weight excluding hydrogens is 437 g/mol. The van der Waals surface area contributed by atoms with Crippen LogP contribution in [0.5, 0.6) is 5.75 Å². The zero-order valence-electron chi connectivity index (χ0n) is 19.3. The Labute approximate surface area is 198 Å². The first-order chi connectivity index (χ1) is 16.5. The average molecular weight is 468 g/mol. The predicted octanol–water partition coefficient (Wildman–Crippen LogP) is 3.11. The predicted molar refractivity (Wildman–Crippen MR) is 125 cm³/mol. The number of piperidine rings is 1. The van der Waals surface area contributed by atoms with Gasteiger partial charge in [0.25, 0.3) is 11.8 Å². The van der Waals surface area contributed by atoms with Crippen LogP contribution in [0.4, 0.5) is 4.39 Å². The summed E-state index contributed by atoms with van der Waals surface area (Å²) < 4.78 is 19.3. The number of amides is 3. The number of ether oxygens (including phenoxy) is 1. The summed E-state index contributed by atoms with van der Waals surface area (Å²) in [5, 5.41) is 2.97. The van der Waals surface area contributed by atoms with Gasteiger partial charge in [-0.1, -0.05) is 18.2 Å². The summed E-state index contributed by atoms with van der Waals surface area (Å²) >= 11 is 0. The third kappa shape index (κ3) is 5.21. The van der Waals surface area contributed by atoms with E-state index in [1.165, 1.54) is 19.2 Å². The fourth-order valence-corrected chi connectivity index (χ4v) is 4.75. The number of rotatable bonds is 6. The number of nitrogens with one attached hydrogen (secondary N) is 1. The van der Waals surface area contributed by atoms with Gasteiger partial charge in [0.05, 0.1) is 12.7 Å². The third-order valence-corrected chi connectivity index (χ3v) is 6.70. The lowest BCUT2D eigenvalue weighted by atomic mass is 9.88. The fraction of sp³-hybridized carbons (Fsp3) is 0.423. The molecular formula is C26H30FN3O4. The van der Waals surface area contributed by atoms with Crippen LogP contribution in [-0.2, 0) is 4.79 Å². The smallest absolute Gasteiger partial charge is 0.256 e. The summed E-state index contributed by atoms with van der Waals surface area (Å²) in [4.78, 5) is 42.6. The first-order valence-corrected chi connectivity index (χ1v) is 11.8. The molecule has 0 bridgehead atoms. The van der Waals surface area contributed by atoms with Crippen LogP contribution in [0.1, 0.15) is 46.4 Å². The summed E-state index contributed by atoms with van der Waals surface area (Å²) in [6.45, 7) is 2.18. The van der Waals surface area contributed by atoms with Crippen molar-refractivity contribution in [1.82, 2.24) is 15.1 Å². The van der Waals surface area contributed by atoms with Crippen LogP contribution in [0.2, 0.25) is 0 Å². The van der Waals surface area contributed by atoms with Crippen molar-refractivity contribution < 1.29 is 23.5 Å². The number of nitrogens with zero attached hydrogens (tertiary/aromatic N) is 2. The Balaban J connectivity index is 1.47. The Morgan fingerprint density at radius 3 is 2.35 bits per heavy atom. The summed E-state index contributed by atoms with van der Waals surface area (Å²) in [5.74, 6) is -0.849. The molecule has 4 rings (SSSR count). The summed E-state index contributed by atoms with van der Waals surface area (Å²) in [6.07, 6.45) is 3.00. The Morgan fingerprint density at radius 2 is 1.68 bits per heavy atom. The van der Waals surface area contributed by atoms with E-state index in [9.17, 15) is 18.8 Å². The van der Waals surface area contributed by atoms with E-state index in [4.69, 9.17) is 4.74 Å². The molecule has 2 aromatic carbocycles. The van der Waals surface area contributed by atoms with Crippen LogP contribution < -0.4 is 10.1 Å². The average Bonchev–Trinajstić information content (AvgIpc) is 3.42. The van der Waals surface area contributed by atoms with Gasteiger partial charge in [-0.2, -0.15) is 0 Å². The van der Waals surface area contributed by atoms with Crippen molar-refractivity contribution in [1.29, 1.82) is 0 Å². The molecule has 2 aliphatic heterocycles. The van der Waals surface area contributed by atoms with E-state index in [2.05, 4.69) is 5.32 Å². The topological polar surface area (TPSA) is 79.0 Å². The van der Waals surface area contributed by atoms with Gasteiger partial charge in [0.15, 0.2) is 0 Å². The molecule has 2 heterocycles. The van der Waals surface area contributed by atoms with E-state index in [1.807, 2.05) is 4.90 Å². The van der Waals surface area contributed by atoms with Crippen molar-refractivity contribution in [3.05, 3.63) is 65.5 Å². The first kappa shape index (κ1) is 23.7. The van der Waals surface area contributed by atoms with Gasteiger partial charge >= 0.3 is 0 Å². The van der Waals surface area contributed by atoms with Gasteiger partial charge in [-0.3, -0.25) is 14.4 Å². The fourth-order valence-electron chi connectivity index (χ4n) is 4.75. The van der Waals surface area contributed by atoms with Crippen molar-refractivity contribution in [2.45, 2.75) is 31.7 Å². The second kappa shape index (κ2) is 10.7. The van der Waals surface area contributed by atoms with Crippen LogP contribution in [0.25, 0.3) is 0 Å². The molecule has 7 nitrogen and oxygen atoms in total. The Hall–Kier alpha value is -3.42. The molecule has 8 heteroatoms. The van der Waals surface area contributed by atoms with Crippen LogP contribution in [-0.4, -0.2) is 66.9 Å². The molecule has 0 aromatic heterocycles. The minimum Gasteiger partial charge on any atom is -0.497 e. The Bertz CT molecular complexity index is 1050. The Morgan fingerprint density at radius 1 is 0.971 bits per heavy atom. The minimum absolute atomic E-state index is 0.0528. The van der Waals surface area contributed by atoms with E-state index < -0.39 is 11.9 Å². The molecule has 1 atom stereocenters. The van der Waals surface area contributed by atoms with Gasteiger partial charge < -0.3 is 19.9 Å². The largest absolute Gasteiger partial charge is 0.497 e. The second-order valence-electron chi connectivity index (χ2n) is 8.82. The van der Waals surface area contributed by atoms with Crippen LogP contribution >= 0.6 is 0 Å². The van der Waals surface area contributed by atoms with Gasteiger partial charge in [0.1, 0.15) is 17.6 Å². The number of methoxy groups -OCH3 is 1. The number of likely N-dealkylation sites (tertiary alicyclic amines) is 2. The van der Waals surface area contributed by atoms with Gasteiger partial charge in [0.2, 0.25) is 5.91 Å². The summed E-state index contributed by atoms with van der Waals surface area (Å²) in [6, 6.07) is 12.1. The number of hydrogen-bond donors (Lipinski definition) is 1. The lowest BCUT2D eigenvalue weighted by molar-refractivity contribution is -0.134. The van der Waals surface area contributed by atoms with E-state index in [-0.39, 0.29) is 29.2 Å². The summed E-state index contributed by atoms with van der Waals surface area (Å²) in [5.41, 5.74) is 0.475. The first-order valence-electron chi connectivity index (χ1n) is 11.8. The van der Waals surface area contributed by atoms with E-state index in [1.54, 1.807) is 41.3 Å². The second-order valence-corrected chi connectivity index (χ2v) is 8.82. The normalized spacial score (nSPS) is 17.4. The maximum Gasteiger partial charge on any atom is 0.256 e. The van der Waals surface area contributed by atoms with Crippen LogP contribution in [0, 0.1) is 11.7 Å². The monoisotopic (exact) mass is 467 g/mol. The minimum atomic E-state index is -0.678. The molecule has 0 saturated carbocycles. The molecule has 180 valence electrons. The van der Waals surface area contributed by atoms with Crippen molar-refractivity contribution in [3.8, 4) is 5.75 Å². The Kier molecular flexibility index (Phi) is 7.45. The van der Waals surface area contributed by atoms with E-state index >= 15 is 0 Å². The van der Waals surface area contributed by atoms with Crippen molar-refractivity contribution in [3.63, 3.8) is 0 Å². The highest BCUT2D eigenvalue weighted by atomic mass is 19.1. The zero-order chi connectivity index (χ0) is 24.1. The van der Waals surface area contributed by atoms with Crippen LogP contribution in [0.3, 0.4) is 0 Å². The highest BCUT2D eigenvalue weighted by Crippen LogP contribution is 2.25. The van der Waals surface area contributed by atoms with Gasteiger partial charge in [0, 0.05) is 31.7 Å². The molecule has 1 N–H and O–H groups in total. The molecule has 3 amide bonds. The van der Waals surface area contributed by atoms with Crippen LogP contribution in [0.15, 0.2) is 48.5 Å². The SMILES string of the molecule is COc1cccc(C(=O)NC(C(=O)N2CCCC2)C2CCN(C(=O)c3ccccc3F)CC2)c1. The summed E-state index contributed by atoms with van der Waals surface area (Å²) in [7, 11) is 1.53. The lowest BCUT2D eigenvalue weighted by Crippen LogP contribution is -2.54. The van der Waals surface area contributed by atoms with Crippen molar-refractivity contribution >= 4 is 17.7 Å². The number of carbonyl (C=O) groups excluding carboxylic acids is 3. The number of benzene rings is 2. The quantitative estimate of drug-likeness (QED) is 0.708.